The van der Waals surface area contributed by atoms with E-state index < -0.39 is 0 Å². The Hall–Kier alpha value is -1.30. The quantitative estimate of drug-likeness (QED) is 0.786. The number of halogens is 2. The first-order valence-electron chi connectivity index (χ1n) is 9.22. The van der Waals surface area contributed by atoms with Gasteiger partial charge in [-0.25, -0.2) is 0 Å². The van der Waals surface area contributed by atoms with Crippen molar-refractivity contribution in [1.82, 2.24) is 14.7 Å². The highest BCUT2D eigenvalue weighted by atomic mass is 35.5. The van der Waals surface area contributed by atoms with E-state index in [4.69, 9.17) is 23.2 Å². The van der Waals surface area contributed by atoms with E-state index in [1.54, 1.807) is 23.1 Å². The van der Waals surface area contributed by atoms with E-state index in [1.807, 2.05) is 4.90 Å². The van der Waals surface area contributed by atoms with Crippen molar-refractivity contribution in [2.45, 2.75) is 32.2 Å². The molecule has 5 nitrogen and oxygen atoms in total. The van der Waals surface area contributed by atoms with Crippen molar-refractivity contribution < 1.29 is 9.59 Å². The summed E-state index contributed by atoms with van der Waals surface area (Å²) in [5.41, 5.74) is 0.436. The summed E-state index contributed by atoms with van der Waals surface area (Å²) in [6.07, 6.45) is 3.39. The van der Waals surface area contributed by atoms with Crippen molar-refractivity contribution in [2.24, 2.45) is 0 Å². The van der Waals surface area contributed by atoms with Crippen LogP contribution in [0.2, 0.25) is 10.0 Å². The van der Waals surface area contributed by atoms with Gasteiger partial charge >= 0.3 is 0 Å². The van der Waals surface area contributed by atoms with Gasteiger partial charge < -0.3 is 9.80 Å². The van der Waals surface area contributed by atoms with E-state index in [0.717, 1.165) is 19.4 Å². The second kappa shape index (κ2) is 8.59. The maximum absolute atomic E-state index is 12.7. The van der Waals surface area contributed by atoms with Crippen LogP contribution in [0.4, 0.5) is 0 Å². The number of piperazine rings is 1. The van der Waals surface area contributed by atoms with Crippen LogP contribution in [0.15, 0.2) is 18.2 Å². The number of carbonyl (C=O) groups excluding carboxylic acids is 2. The molecule has 0 aromatic heterocycles. The second-order valence-corrected chi connectivity index (χ2v) is 7.97. The number of amides is 2. The minimum absolute atomic E-state index is 0.104. The number of hydrogen-bond acceptors (Lipinski definition) is 3. The zero-order valence-corrected chi connectivity index (χ0v) is 16.6. The molecule has 26 heavy (non-hydrogen) atoms. The largest absolute Gasteiger partial charge is 0.339 e. The van der Waals surface area contributed by atoms with E-state index in [1.165, 1.54) is 6.42 Å². The summed E-state index contributed by atoms with van der Waals surface area (Å²) in [5, 5.41) is 0.911. The molecule has 0 radical (unpaired) electrons. The molecule has 1 aromatic rings. The molecule has 0 N–H and O–H groups in total. The van der Waals surface area contributed by atoms with Gasteiger partial charge in [0, 0.05) is 43.8 Å². The van der Waals surface area contributed by atoms with Crippen LogP contribution < -0.4 is 0 Å². The SMILES string of the molecule is CC1CCCCN1C(=O)CN1CCN(C(=O)c2cc(Cl)ccc2Cl)CC1. The fourth-order valence-electron chi connectivity index (χ4n) is 3.69. The van der Waals surface area contributed by atoms with Gasteiger partial charge in [0.25, 0.3) is 5.91 Å². The summed E-state index contributed by atoms with van der Waals surface area (Å²) in [6, 6.07) is 5.27. The monoisotopic (exact) mass is 397 g/mol. The fraction of sp³-hybridized carbons (Fsp3) is 0.579. The maximum Gasteiger partial charge on any atom is 0.255 e. The Balaban J connectivity index is 1.53. The minimum Gasteiger partial charge on any atom is -0.339 e. The molecule has 0 spiro atoms. The summed E-state index contributed by atoms with van der Waals surface area (Å²) >= 11 is 12.1. The van der Waals surface area contributed by atoms with Crippen molar-refractivity contribution in [2.75, 3.05) is 39.3 Å². The highest BCUT2D eigenvalue weighted by molar-refractivity contribution is 6.35. The van der Waals surface area contributed by atoms with Gasteiger partial charge in [-0.3, -0.25) is 14.5 Å². The molecular weight excluding hydrogens is 373 g/mol. The van der Waals surface area contributed by atoms with Crippen LogP contribution in [0.1, 0.15) is 36.5 Å². The van der Waals surface area contributed by atoms with Crippen molar-refractivity contribution >= 4 is 35.0 Å². The standard InChI is InChI=1S/C19H25Cl2N3O2/c1-14-4-2-3-7-24(14)18(25)13-22-8-10-23(11-9-22)19(26)16-12-15(20)5-6-17(16)21/h5-6,12,14H,2-4,7-11,13H2,1H3. The Labute approximate surface area is 164 Å². The predicted molar refractivity (Wildman–Crippen MR) is 104 cm³/mol. The lowest BCUT2D eigenvalue weighted by Crippen LogP contribution is -2.53. The van der Waals surface area contributed by atoms with Gasteiger partial charge in [0.2, 0.25) is 5.91 Å². The molecule has 2 aliphatic heterocycles. The van der Waals surface area contributed by atoms with E-state index in [9.17, 15) is 9.59 Å². The first-order valence-corrected chi connectivity index (χ1v) is 9.97. The molecule has 1 unspecified atom stereocenters. The molecule has 142 valence electrons. The van der Waals surface area contributed by atoms with Crippen molar-refractivity contribution in [3.8, 4) is 0 Å². The third-order valence-corrected chi connectivity index (χ3v) is 5.87. The molecule has 3 rings (SSSR count). The van der Waals surface area contributed by atoms with Gasteiger partial charge in [-0.2, -0.15) is 0 Å². The van der Waals surface area contributed by atoms with Crippen LogP contribution in [0.3, 0.4) is 0 Å². The highest BCUT2D eigenvalue weighted by Crippen LogP contribution is 2.23. The molecule has 7 heteroatoms. The van der Waals surface area contributed by atoms with Crippen molar-refractivity contribution in [1.29, 1.82) is 0 Å². The smallest absolute Gasteiger partial charge is 0.255 e. The zero-order chi connectivity index (χ0) is 18.7. The summed E-state index contributed by atoms with van der Waals surface area (Å²) < 4.78 is 0. The molecule has 1 atom stereocenters. The molecule has 0 aliphatic carbocycles. The van der Waals surface area contributed by atoms with Crippen molar-refractivity contribution in [3.63, 3.8) is 0 Å². The van der Waals surface area contributed by atoms with Gasteiger partial charge in [0.1, 0.15) is 0 Å². The van der Waals surface area contributed by atoms with Gasteiger partial charge in [-0.05, 0) is 44.4 Å². The maximum atomic E-state index is 12.7. The summed E-state index contributed by atoms with van der Waals surface area (Å²) in [4.78, 5) is 31.2. The number of piperidine rings is 1. The summed E-state index contributed by atoms with van der Waals surface area (Å²) in [7, 11) is 0. The number of hydrogen-bond donors (Lipinski definition) is 0. The van der Waals surface area contributed by atoms with E-state index >= 15 is 0 Å². The molecule has 0 saturated carbocycles. The summed E-state index contributed by atoms with van der Waals surface area (Å²) in [6.45, 7) is 5.99. The molecule has 2 fully saturated rings. The topological polar surface area (TPSA) is 43.9 Å². The normalized spacial score (nSPS) is 21.7. The zero-order valence-electron chi connectivity index (χ0n) is 15.1. The van der Waals surface area contributed by atoms with Gasteiger partial charge in [0.05, 0.1) is 17.1 Å². The number of nitrogens with zero attached hydrogens (tertiary/aromatic N) is 3. The fourth-order valence-corrected chi connectivity index (χ4v) is 4.06. The number of rotatable bonds is 3. The molecule has 0 bridgehead atoms. The van der Waals surface area contributed by atoms with Crippen LogP contribution in [-0.4, -0.2) is 71.8 Å². The van der Waals surface area contributed by atoms with Crippen molar-refractivity contribution in [3.05, 3.63) is 33.8 Å². The third-order valence-electron chi connectivity index (χ3n) is 5.30. The Bertz CT molecular complexity index is 675. The molecule has 2 saturated heterocycles. The average molecular weight is 398 g/mol. The Morgan fingerprint density at radius 2 is 1.81 bits per heavy atom. The number of likely N-dealkylation sites (tertiary alicyclic amines) is 1. The molecule has 1 aromatic carbocycles. The predicted octanol–water partition coefficient (Wildman–Crippen LogP) is 3.15. The minimum atomic E-state index is -0.104. The summed E-state index contributed by atoms with van der Waals surface area (Å²) in [5.74, 6) is 0.1000. The van der Waals surface area contributed by atoms with E-state index in [-0.39, 0.29) is 11.8 Å². The molecular formula is C19H25Cl2N3O2. The first kappa shape index (κ1) is 19.5. The van der Waals surface area contributed by atoms with Gasteiger partial charge in [0.15, 0.2) is 0 Å². The van der Waals surface area contributed by atoms with Crippen LogP contribution in [-0.2, 0) is 4.79 Å². The second-order valence-electron chi connectivity index (χ2n) is 7.12. The van der Waals surface area contributed by atoms with Crippen LogP contribution in [0.25, 0.3) is 0 Å². The Morgan fingerprint density at radius 3 is 2.50 bits per heavy atom. The van der Waals surface area contributed by atoms with Crippen LogP contribution in [0, 0.1) is 0 Å². The Morgan fingerprint density at radius 1 is 1.08 bits per heavy atom. The molecule has 2 amide bonds. The third kappa shape index (κ3) is 4.51. The van der Waals surface area contributed by atoms with Gasteiger partial charge in [-0.15, -0.1) is 0 Å². The highest BCUT2D eigenvalue weighted by Gasteiger charge is 2.28. The average Bonchev–Trinajstić information content (AvgIpc) is 2.64. The lowest BCUT2D eigenvalue weighted by Gasteiger charge is -2.38. The number of carbonyl (C=O) groups is 2. The van der Waals surface area contributed by atoms with Crippen LogP contribution >= 0.6 is 23.2 Å². The first-order chi connectivity index (χ1) is 12.5. The van der Waals surface area contributed by atoms with E-state index in [2.05, 4.69) is 11.8 Å². The Kier molecular flexibility index (Phi) is 6.43. The van der Waals surface area contributed by atoms with Crippen LogP contribution in [0.5, 0.6) is 0 Å². The lowest BCUT2D eigenvalue weighted by molar-refractivity contribution is -0.136. The molecule has 2 aliphatic rings. The number of benzene rings is 1. The van der Waals surface area contributed by atoms with E-state index in [0.29, 0.717) is 54.4 Å². The van der Waals surface area contributed by atoms with Gasteiger partial charge in [-0.1, -0.05) is 23.2 Å². The molecule has 2 heterocycles. The lowest BCUT2D eigenvalue weighted by atomic mass is 10.0.